The van der Waals surface area contributed by atoms with Crippen molar-refractivity contribution in [3.8, 4) is 0 Å². The van der Waals surface area contributed by atoms with Crippen LogP contribution in [0, 0.1) is 20.8 Å². The summed E-state index contributed by atoms with van der Waals surface area (Å²) in [6.45, 7) is 6.27. The average Bonchev–Trinajstić information content (AvgIpc) is 2.57. The summed E-state index contributed by atoms with van der Waals surface area (Å²) in [5.41, 5.74) is 4.57. The van der Waals surface area contributed by atoms with Gasteiger partial charge in [0.15, 0.2) is 11.6 Å². The topological polar surface area (TPSA) is 46.1 Å². The molecule has 0 bridgehead atoms. The van der Waals surface area contributed by atoms with Crippen LogP contribution >= 0.6 is 0 Å². The summed E-state index contributed by atoms with van der Waals surface area (Å²) >= 11 is 0. The third-order valence-corrected chi connectivity index (χ3v) is 5.62. The fraction of sp³-hybridized carbons (Fsp3) is 0.158. The highest BCUT2D eigenvalue weighted by Crippen LogP contribution is 2.45. The largest absolute Gasteiger partial charge is 0.276 e. The number of hydrogen-bond donors (Lipinski definition) is 0. The molecule has 4 rings (SSSR count). The van der Waals surface area contributed by atoms with Crippen molar-refractivity contribution in [1.29, 1.82) is 0 Å². The van der Waals surface area contributed by atoms with Crippen molar-refractivity contribution in [2.24, 2.45) is 0 Å². The molecule has 0 N–H and O–H groups in total. The summed E-state index contributed by atoms with van der Waals surface area (Å²) < 4.78 is 12.9. The molecule has 0 saturated heterocycles. The van der Waals surface area contributed by atoms with Crippen molar-refractivity contribution in [3.05, 3.63) is 65.5 Å². The van der Waals surface area contributed by atoms with Gasteiger partial charge >= 0.3 is 0 Å². The van der Waals surface area contributed by atoms with Crippen molar-refractivity contribution in [2.45, 2.75) is 30.6 Å². The number of hydrogen-bond acceptors (Lipinski definition) is 4. The van der Waals surface area contributed by atoms with Gasteiger partial charge in [0.05, 0.1) is 26.3 Å². The van der Waals surface area contributed by atoms with Crippen molar-refractivity contribution >= 4 is 28.1 Å². The summed E-state index contributed by atoms with van der Waals surface area (Å²) in [6.07, 6.45) is 3.46. The predicted octanol–water partition coefficient (Wildman–Crippen LogP) is 4.35. The quantitative estimate of drug-likeness (QED) is 0.519. The molecule has 3 heterocycles. The fourth-order valence-corrected chi connectivity index (χ4v) is 4.61. The van der Waals surface area contributed by atoms with Crippen LogP contribution in [-0.2, 0) is 10.8 Å². The van der Waals surface area contributed by atoms with Crippen LogP contribution in [0.15, 0.2) is 58.6 Å². The van der Waals surface area contributed by atoms with E-state index in [1.807, 2.05) is 29.2 Å². The molecule has 120 valence electrons. The SMILES string of the molecule is Cc1cc(C)c(N2c3ncccc3S(=O)c3cccnc32)c(C)c1. The number of fused-ring (bicyclic) bond motifs is 2. The summed E-state index contributed by atoms with van der Waals surface area (Å²) in [5.74, 6) is 1.38. The Bertz CT molecular complexity index is 911. The van der Waals surface area contributed by atoms with Gasteiger partial charge in [-0.2, -0.15) is 0 Å². The zero-order valence-corrected chi connectivity index (χ0v) is 14.6. The highest BCUT2D eigenvalue weighted by atomic mass is 32.2. The van der Waals surface area contributed by atoms with Crippen LogP contribution in [0.4, 0.5) is 17.3 Å². The lowest BCUT2D eigenvalue weighted by Gasteiger charge is -2.32. The van der Waals surface area contributed by atoms with Crippen LogP contribution in [0.3, 0.4) is 0 Å². The minimum atomic E-state index is -1.27. The van der Waals surface area contributed by atoms with Crippen LogP contribution in [0.1, 0.15) is 16.7 Å². The van der Waals surface area contributed by atoms with Crippen LogP contribution in [0.2, 0.25) is 0 Å². The van der Waals surface area contributed by atoms with E-state index >= 15 is 0 Å². The summed E-state index contributed by atoms with van der Waals surface area (Å²) in [7, 11) is -1.27. The fourth-order valence-electron chi connectivity index (χ4n) is 3.35. The molecule has 1 aliphatic rings. The Morgan fingerprint density at radius 2 is 1.38 bits per heavy atom. The van der Waals surface area contributed by atoms with E-state index in [-0.39, 0.29) is 0 Å². The molecule has 4 nitrogen and oxygen atoms in total. The number of aromatic nitrogens is 2. The lowest BCUT2D eigenvalue weighted by Crippen LogP contribution is -2.23. The number of pyridine rings is 2. The molecular weight excluding hydrogens is 318 g/mol. The number of nitrogens with zero attached hydrogens (tertiary/aromatic N) is 3. The van der Waals surface area contributed by atoms with Gasteiger partial charge in [0.1, 0.15) is 0 Å². The van der Waals surface area contributed by atoms with Crippen molar-refractivity contribution < 1.29 is 4.21 Å². The zero-order valence-electron chi connectivity index (χ0n) is 13.8. The zero-order chi connectivity index (χ0) is 16.8. The molecule has 0 atom stereocenters. The Labute approximate surface area is 143 Å². The molecule has 24 heavy (non-hydrogen) atoms. The van der Waals surface area contributed by atoms with Crippen molar-refractivity contribution in [3.63, 3.8) is 0 Å². The molecule has 3 aromatic rings. The van der Waals surface area contributed by atoms with Crippen molar-refractivity contribution in [1.82, 2.24) is 9.97 Å². The minimum absolute atomic E-state index is 0.692. The lowest BCUT2D eigenvalue weighted by molar-refractivity contribution is 0.681. The first kappa shape index (κ1) is 15.0. The van der Waals surface area contributed by atoms with Gasteiger partial charge < -0.3 is 0 Å². The molecule has 5 heteroatoms. The maximum absolute atomic E-state index is 12.9. The van der Waals surface area contributed by atoms with Gasteiger partial charge in [-0.25, -0.2) is 14.2 Å². The van der Waals surface area contributed by atoms with Crippen LogP contribution in [0.25, 0.3) is 0 Å². The Morgan fingerprint density at radius 3 is 1.88 bits per heavy atom. The Kier molecular flexibility index (Phi) is 3.46. The average molecular weight is 335 g/mol. The molecule has 0 aliphatic carbocycles. The van der Waals surface area contributed by atoms with Crippen molar-refractivity contribution in [2.75, 3.05) is 4.90 Å². The Hall–Kier alpha value is -2.53. The second kappa shape index (κ2) is 5.53. The van der Waals surface area contributed by atoms with Gasteiger partial charge in [0, 0.05) is 12.4 Å². The first-order chi connectivity index (χ1) is 11.6. The van der Waals surface area contributed by atoms with E-state index < -0.39 is 10.8 Å². The van der Waals surface area contributed by atoms with Gasteiger partial charge in [0.25, 0.3) is 0 Å². The molecule has 0 saturated carbocycles. The van der Waals surface area contributed by atoms with Gasteiger partial charge in [-0.3, -0.25) is 4.90 Å². The van der Waals surface area contributed by atoms with Crippen LogP contribution in [0.5, 0.6) is 0 Å². The summed E-state index contributed by atoms with van der Waals surface area (Å²) in [4.78, 5) is 12.5. The van der Waals surface area contributed by atoms with Gasteiger partial charge in [0.2, 0.25) is 0 Å². The third-order valence-electron chi connectivity index (χ3n) is 4.18. The number of benzene rings is 1. The Balaban J connectivity index is 2.07. The Morgan fingerprint density at radius 1 is 0.875 bits per heavy atom. The summed E-state index contributed by atoms with van der Waals surface area (Å²) in [6, 6.07) is 11.7. The first-order valence-electron chi connectivity index (χ1n) is 7.77. The maximum atomic E-state index is 12.9. The molecule has 0 spiro atoms. The normalized spacial score (nSPS) is 13.5. The molecule has 0 radical (unpaired) electrons. The number of anilines is 3. The standard InChI is InChI=1S/C19H17N3OS/c1-12-10-13(2)17(14(3)11-12)22-18-15(6-4-8-20-18)24(23)16-7-5-9-21-19(16)22/h4-11H,1-3H3. The maximum Gasteiger partial charge on any atom is 0.155 e. The van der Waals surface area contributed by atoms with Gasteiger partial charge in [-0.05, 0) is 56.2 Å². The highest BCUT2D eigenvalue weighted by Gasteiger charge is 2.32. The van der Waals surface area contributed by atoms with E-state index in [2.05, 4.69) is 42.9 Å². The lowest BCUT2D eigenvalue weighted by atomic mass is 10.0. The van der Waals surface area contributed by atoms with Crippen LogP contribution < -0.4 is 4.90 Å². The van der Waals surface area contributed by atoms with E-state index in [1.165, 1.54) is 5.56 Å². The molecule has 0 fully saturated rings. The highest BCUT2D eigenvalue weighted by molar-refractivity contribution is 7.85. The molecule has 1 aromatic carbocycles. The molecule has 2 aromatic heterocycles. The van der Waals surface area contributed by atoms with E-state index in [4.69, 9.17) is 0 Å². The second-order valence-electron chi connectivity index (χ2n) is 6.00. The van der Waals surface area contributed by atoms with Crippen LogP contribution in [-0.4, -0.2) is 14.2 Å². The number of aryl methyl sites for hydroxylation is 3. The van der Waals surface area contributed by atoms with E-state index in [1.54, 1.807) is 12.4 Å². The van der Waals surface area contributed by atoms with E-state index in [0.717, 1.165) is 26.6 Å². The molecule has 1 aliphatic heterocycles. The predicted molar refractivity (Wildman–Crippen MR) is 95.6 cm³/mol. The third kappa shape index (κ3) is 2.16. The first-order valence-corrected chi connectivity index (χ1v) is 8.92. The number of rotatable bonds is 1. The van der Waals surface area contributed by atoms with E-state index in [0.29, 0.717) is 11.6 Å². The molecular formula is C19H17N3OS. The monoisotopic (exact) mass is 335 g/mol. The van der Waals surface area contributed by atoms with Gasteiger partial charge in [-0.15, -0.1) is 0 Å². The molecule has 0 amide bonds. The second-order valence-corrected chi connectivity index (χ2v) is 7.42. The van der Waals surface area contributed by atoms with Gasteiger partial charge in [-0.1, -0.05) is 17.7 Å². The molecule has 0 unspecified atom stereocenters. The minimum Gasteiger partial charge on any atom is -0.276 e. The summed E-state index contributed by atoms with van der Waals surface area (Å²) in [5, 5.41) is 0. The smallest absolute Gasteiger partial charge is 0.155 e. The van der Waals surface area contributed by atoms with E-state index in [9.17, 15) is 4.21 Å².